The predicted octanol–water partition coefficient (Wildman–Crippen LogP) is 5.35. The molecule has 6 fully saturated rings. The van der Waals surface area contributed by atoms with Crippen LogP contribution in [0.5, 0.6) is 0 Å². The third-order valence-corrected chi connectivity index (χ3v) is 11.3. The van der Waals surface area contributed by atoms with Gasteiger partial charge in [0.15, 0.2) is 5.78 Å². The van der Waals surface area contributed by atoms with Crippen LogP contribution >= 0.6 is 0 Å². The van der Waals surface area contributed by atoms with Crippen LogP contribution in [0, 0.1) is 46.3 Å². The molecule has 0 amide bonds. The Morgan fingerprint density at radius 1 is 1.06 bits per heavy atom. The maximum atomic E-state index is 13.7. The highest BCUT2D eigenvalue weighted by Crippen LogP contribution is 2.72. The molecule has 4 nitrogen and oxygen atoms in total. The Hall–Kier alpha value is -0.740. The van der Waals surface area contributed by atoms with Crippen LogP contribution in [-0.2, 0) is 14.3 Å². The fraction of sp³-hybridized carbons (Fsp3) is 0.929. The summed E-state index contributed by atoms with van der Waals surface area (Å²) in [5, 5.41) is 11.8. The zero-order valence-corrected chi connectivity index (χ0v) is 20.9. The zero-order chi connectivity index (χ0) is 23.1. The van der Waals surface area contributed by atoms with Gasteiger partial charge in [-0.3, -0.25) is 9.59 Å². The number of carbonyl (C=O) groups is 2. The Morgan fingerprint density at radius 3 is 2.53 bits per heavy atom. The van der Waals surface area contributed by atoms with Gasteiger partial charge in [0.05, 0.1) is 6.10 Å². The first-order valence-corrected chi connectivity index (χ1v) is 13.5. The number of fused-ring (bicyclic) bond motifs is 2. The summed E-state index contributed by atoms with van der Waals surface area (Å²) in [6, 6.07) is 0. The Morgan fingerprint density at radius 2 is 1.81 bits per heavy atom. The second-order valence-electron chi connectivity index (χ2n) is 13.0. The highest BCUT2D eigenvalue weighted by atomic mass is 16.5. The van der Waals surface area contributed by atoms with Crippen LogP contribution in [0.4, 0.5) is 0 Å². The third-order valence-electron chi connectivity index (χ3n) is 11.3. The molecule has 2 saturated heterocycles. The van der Waals surface area contributed by atoms with Crippen molar-refractivity contribution in [3.8, 4) is 0 Å². The van der Waals surface area contributed by atoms with E-state index >= 15 is 0 Å². The molecular formula is C28H44O4. The fourth-order valence-electron chi connectivity index (χ4n) is 9.89. The van der Waals surface area contributed by atoms with Crippen LogP contribution in [0.15, 0.2) is 0 Å². The minimum Gasteiger partial charge on any atom is -0.381 e. The first kappa shape index (κ1) is 23.0. The Kier molecular flexibility index (Phi) is 5.49. The molecule has 0 unspecified atom stereocenters. The SMILES string of the molecule is CC(C)CCC[C@@H](C)[C@H]1CC[C@H]2[C@@H]3[C@H]4O[C@H](C)[C@@]5(CCC(=O)C[C@]5(O)C4=O)[C@H]3CC[C@]12C. The molecule has 180 valence electrons. The number of hydrogen-bond donors (Lipinski definition) is 1. The summed E-state index contributed by atoms with van der Waals surface area (Å²) in [6.45, 7) is 11.7. The quantitative estimate of drug-likeness (QED) is 0.621. The molecule has 6 aliphatic rings. The van der Waals surface area contributed by atoms with Crippen LogP contribution in [0.25, 0.3) is 0 Å². The van der Waals surface area contributed by atoms with Crippen LogP contribution in [0.3, 0.4) is 0 Å². The van der Waals surface area contributed by atoms with Crippen LogP contribution in [0.2, 0.25) is 0 Å². The molecule has 4 saturated carbocycles. The van der Waals surface area contributed by atoms with Crippen molar-refractivity contribution in [3.05, 3.63) is 0 Å². The van der Waals surface area contributed by atoms with E-state index in [9.17, 15) is 14.7 Å². The van der Waals surface area contributed by atoms with E-state index in [1.165, 1.54) is 38.5 Å². The normalized spacial score (nSPS) is 50.8. The molecule has 0 radical (unpaired) electrons. The average molecular weight is 445 g/mol. The number of Topliss-reactive ketones (excluding diaryl/α,β-unsaturated/α-hetero) is 2. The van der Waals surface area contributed by atoms with Crippen LogP contribution < -0.4 is 0 Å². The van der Waals surface area contributed by atoms with E-state index in [-0.39, 0.29) is 35.4 Å². The van der Waals surface area contributed by atoms with Crippen molar-refractivity contribution >= 4 is 11.6 Å². The zero-order valence-electron chi connectivity index (χ0n) is 20.9. The number of carbonyl (C=O) groups excluding carboxylic acids is 2. The van der Waals surface area contributed by atoms with E-state index in [0.29, 0.717) is 24.7 Å². The van der Waals surface area contributed by atoms with E-state index in [1.54, 1.807) is 0 Å². The lowest BCUT2D eigenvalue weighted by atomic mass is 9.39. The summed E-state index contributed by atoms with van der Waals surface area (Å²) in [5.41, 5.74) is -1.80. The second kappa shape index (κ2) is 7.63. The van der Waals surface area contributed by atoms with Crippen molar-refractivity contribution in [3.63, 3.8) is 0 Å². The Labute approximate surface area is 194 Å². The predicted molar refractivity (Wildman–Crippen MR) is 124 cm³/mol. The molecular weight excluding hydrogens is 400 g/mol. The maximum Gasteiger partial charge on any atom is 0.194 e. The molecule has 32 heavy (non-hydrogen) atoms. The van der Waals surface area contributed by atoms with Gasteiger partial charge in [-0.2, -0.15) is 0 Å². The lowest BCUT2D eigenvalue weighted by Crippen LogP contribution is -2.79. The third kappa shape index (κ3) is 2.87. The van der Waals surface area contributed by atoms with Gasteiger partial charge in [-0.15, -0.1) is 0 Å². The summed E-state index contributed by atoms with van der Waals surface area (Å²) in [6.07, 6.45) is 9.07. The lowest BCUT2D eigenvalue weighted by Gasteiger charge is -2.70. The minimum absolute atomic E-state index is 0.0106. The first-order valence-electron chi connectivity index (χ1n) is 13.5. The summed E-state index contributed by atoms with van der Waals surface area (Å²) in [7, 11) is 0. The van der Waals surface area contributed by atoms with E-state index in [0.717, 1.165) is 24.2 Å². The van der Waals surface area contributed by atoms with Crippen molar-refractivity contribution in [2.45, 2.75) is 117 Å². The van der Waals surface area contributed by atoms with Gasteiger partial charge in [-0.25, -0.2) is 0 Å². The van der Waals surface area contributed by atoms with Gasteiger partial charge < -0.3 is 9.84 Å². The number of ketones is 2. The molecule has 2 bridgehead atoms. The van der Waals surface area contributed by atoms with Crippen molar-refractivity contribution in [2.24, 2.45) is 46.3 Å². The van der Waals surface area contributed by atoms with Gasteiger partial charge in [-0.05, 0) is 80.0 Å². The standard InChI is InChI=1S/C28H44O4/c1-16(2)7-6-8-17(3)20-9-10-21-23-22(12-13-26(20,21)5)27-14-11-19(29)15-28(27,31)25(30)24(23)32-18(27)4/h16-18,20-24,31H,6-15H2,1-5H3/t17-,18-,20-,21+,22+,23+,24-,26-,27+,28+/m1/s1. The topological polar surface area (TPSA) is 63.6 Å². The van der Waals surface area contributed by atoms with Crippen molar-refractivity contribution in [2.75, 3.05) is 0 Å². The Balaban J connectivity index is 1.44. The molecule has 2 heterocycles. The van der Waals surface area contributed by atoms with Crippen LogP contribution in [-0.4, -0.2) is 34.5 Å². The van der Waals surface area contributed by atoms with Crippen molar-refractivity contribution < 1.29 is 19.4 Å². The molecule has 0 aromatic heterocycles. The molecule has 10 atom stereocenters. The molecule has 6 rings (SSSR count). The van der Waals surface area contributed by atoms with Crippen molar-refractivity contribution in [1.82, 2.24) is 0 Å². The molecule has 4 heteroatoms. The van der Waals surface area contributed by atoms with Gasteiger partial charge in [0.1, 0.15) is 17.5 Å². The molecule has 4 aliphatic carbocycles. The fourth-order valence-corrected chi connectivity index (χ4v) is 9.89. The molecule has 1 spiro atoms. The summed E-state index contributed by atoms with van der Waals surface area (Å²) < 4.78 is 6.45. The highest BCUT2D eigenvalue weighted by Gasteiger charge is 2.77. The second-order valence-corrected chi connectivity index (χ2v) is 13.0. The summed E-state index contributed by atoms with van der Waals surface area (Å²) in [5.74, 6) is 3.12. The summed E-state index contributed by atoms with van der Waals surface area (Å²) >= 11 is 0. The van der Waals surface area contributed by atoms with Gasteiger partial charge in [0.25, 0.3) is 0 Å². The molecule has 0 aromatic carbocycles. The molecule has 2 aliphatic heterocycles. The molecule has 1 N–H and O–H groups in total. The smallest absolute Gasteiger partial charge is 0.194 e. The number of rotatable bonds is 5. The van der Waals surface area contributed by atoms with E-state index in [1.807, 2.05) is 0 Å². The Bertz CT molecular complexity index is 790. The highest BCUT2D eigenvalue weighted by molar-refractivity contribution is 5.99. The minimum atomic E-state index is -1.50. The first-order chi connectivity index (χ1) is 15.1. The van der Waals surface area contributed by atoms with Gasteiger partial charge in [0.2, 0.25) is 0 Å². The monoisotopic (exact) mass is 444 g/mol. The van der Waals surface area contributed by atoms with Crippen LogP contribution in [0.1, 0.15) is 98.8 Å². The number of aliphatic hydroxyl groups is 1. The largest absolute Gasteiger partial charge is 0.381 e. The van der Waals surface area contributed by atoms with E-state index in [2.05, 4.69) is 34.6 Å². The molecule has 0 aromatic rings. The lowest BCUT2D eigenvalue weighted by molar-refractivity contribution is -0.310. The van der Waals surface area contributed by atoms with Gasteiger partial charge in [0, 0.05) is 18.3 Å². The average Bonchev–Trinajstić information content (AvgIpc) is 3.07. The van der Waals surface area contributed by atoms with E-state index < -0.39 is 17.1 Å². The summed E-state index contributed by atoms with van der Waals surface area (Å²) in [4.78, 5) is 26.0. The number of ether oxygens (including phenoxy) is 1. The van der Waals surface area contributed by atoms with E-state index in [4.69, 9.17) is 4.74 Å². The van der Waals surface area contributed by atoms with Gasteiger partial charge in [-0.1, -0.05) is 47.0 Å². The van der Waals surface area contributed by atoms with Crippen molar-refractivity contribution in [1.29, 1.82) is 0 Å². The van der Waals surface area contributed by atoms with Gasteiger partial charge >= 0.3 is 0 Å². The number of hydrogen-bond acceptors (Lipinski definition) is 4. The maximum absolute atomic E-state index is 13.7.